The number of nitrogen functional groups attached to an aromatic ring is 2. The van der Waals surface area contributed by atoms with Gasteiger partial charge in [0, 0.05) is 16.9 Å². The van der Waals surface area contributed by atoms with Crippen molar-refractivity contribution in [2.75, 3.05) is 11.7 Å². The van der Waals surface area contributed by atoms with Crippen LogP contribution in [0.15, 0.2) is 0 Å². The van der Waals surface area contributed by atoms with Gasteiger partial charge in [-0.2, -0.15) is 20.6 Å². The van der Waals surface area contributed by atoms with Crippen LogP contribution in [-0.4, -0.2) is 87.2 Å². The Morgan fingerprint density at radius 3 is 1.33 bits per heavy atom. The van der Waals surface area contributed by atoms with Crippen LogP contribution < -0.4 is 116 Å². The molecule has 0 aromatic carbocycles. The molecule has 0 fully saturated rings. The number of tetrazole rings is 5. The number of nitrogens with two attached hydrogens (primary N) is 2. The van der Waals surface area contributed by atoms with Crippen LogP contribution >= 0.6 is 0 Å². The Morgan fingerprint density at radius 2 is 1.11 bits per heavy atom. The molecule has 0 amide bonds. The average Bonchev–Trinajstić information content (AvgIpc) is 3.65. The second-order valence-corrected chi connectivity index (χ2v) is 4.30. The van der Waals surface area contributed by atoms with Crippen LogP contribution in [0, 0.1) is 24.6 Å². The summed E-state index contributed by atoms with van der Waals surface area (Å²) >= 11 is 0. The summed E-state index contributed by atoms with van der Waals surface area (Å²) < 4.78 is 0. The monoisotopic (exact) mass is 519 g/mol. The van der Waals surface area contributed by atoms with E-state index in [9.17, 15) is 0 Å². The van der Waals surface area contributed by atoms with Crippen molar-refractivity contribution in [3.8, 4) is 29.5 Å². The fourth-order valence-electron chi connectivity index (χ4n) is 1.33. The van der Waals surface area contributed by atoms with Gasteiger partial charge in [-0.15, -0.1) is 19.8 Å². The maximum atomic E-state index is 7.27. The van der Waals surface area contributed by atoms with Gasteiger partial charge in [0.15, 0.2) is 5.95 Å². The summed E-state index contributed by atoms with van der Waals surface area (Å²) in [5, 5.41) is 67.1. The van der Waals surface area contributed by atoms with Crippen LogP contribution in [0.2, 0.25) is 0 Å². The summed E-state index contributed by atoms with van der Waals surface area (Å²) in [5.41, 5.74) is 0. The Balaban J connectivity index is 0. The van der Waals surface area contributed by atoms with Gasteiger partial charge < -0.3 is 31.6 Å². The maximum absolute atomic E-state index is 7.27. The molecule has 5 heterocycles. The Bertz CT molecular complexity index is 1230. The van der Waals surface area contributed by atoms with Gasteiger partial charge >= 0.3 is 94.9 Å². The second kappa shape index (κ2) is 19.7. The van der Waals surface area contributed by atoms with Crippen molar-refractivity contribution in [3.63, 3.8) is 0 Å². The summed E-state index contributed by atoms with van der Waals surface area (Å²) in [6, 6.07) is 0. The van der Waals surface area contributed by atoms with E-state index in [-0.39, 0.29) is 118 Å². The van der Waals surface area contributed by atoms with E-state index < -0.39 is 0 Å². The molecule has 0 unspecified atom stereocenters. The van der Waals surface area contributed by atoms with Crippen LogP contribution in [0.4, 0.5) is 5.95 Å². The first kappa shape index (κ1) is 34.6. The molecule has 0 aliphatic heterocycles. The Morgan fingerprint density at radius 1 is 0.694 bits per heavy atom. The summed E-state index contributed by atoms with van der Waals surface area (Å²) in [6.07, 6.45) is 1.22. The fourth-order valence-corrected chi connectivity index (χ4v) is 1.33. The van der Waals surface area contributed by atoms with Crippen LogP contribution in [0.5, 0.6) is 0 Å². The average molecular weight is 519 g/mol. The van der Waals surface area contributed by atoms with Gasteiger partial charge in [0.1, 0.15) is 0 Å². The molecule has 36 heavy (non-hydrogen) atoms. The number of hydrogen-bond acceptors (Lipinski definition) is 18. The van der Waals surface area contributed by atoms with Gasteiger partial charge in [-0.05, 0) is 31.3 Å². The molecule has 25 nitrogen and oxygen atoms in total. The van der Waals surface area contributed by atoms with Gasteiger partial charge in [-0.1, -0.05) is 6.57 Å². The fraction of sp³-hybridized carbons (Fsp3) is 0. The molecule has 5 aromatic rings. The third-order valence-electron chi connectivity index (χ3n) is 2.48. The van der Waals surface area contributed by atoms with Gasteiger partial charge in [0.2, 0.25) is 11.6 Å². The van der Waals surface area contributed by atoms with Crippen LogP contribution in [0.25, 0.3) is 33.0 Å². The van der Waals surface area contributed by atoms with E-state index >= 15 is 0 Å². The van der Waals surface area contributed by atoms with E-state index in [4.69, 9.17) is 30.1 Å². The van der Waals surface area contributed by atoms with Gasteiger partial charge in [-0.3, -0.25) is 20.6 Å². The minimum absolute atomic E-state index is 0. The number of hydrogen-bond donors (Lipinski definition) is 2. The van der Waals surface area contributed by atoms with Crippen molar-refractivity contribution in [2.45, 2.75) is 0 Å². The third-order valence-corrected chi connectivity index (χ3v) is 2.48. The van der Waals surface area contributed by atoms with E-state index in [1.165, 1.54) is 6.19 Å². The standard InChI is InChI=1S/C2H4N10.C2N8.C2N5.C2N2.3Na/c3-11-1(5-7-9-11)2-6-8-10-12(2)4;3-1(4-8-7-3)2-5-9-10-6-2;1-3-2-4-6-7-5-2;1-4-2-3;;;/h3-4H2;;;;;;/q;-2;-1;;3*+1. The molecule has 164 valence electrons. The smallest absolute Gasteiger partial charge is 0.533 e. The summed E-state index contributed by atoms with van der Waals surface area (Å²) in [5.74, 6) is 11.5. The summed E-state index contributed by atoms with van der Waals surface area (Å²) in [7, 11) is 0. The molecule has 0 spiro atoms. The first-order valence-corrected chi connectivity index (χ1v) is 7.37. The van der Waals surface area contributed by atoms with Crippen molar-refractivity contribution < 1.29 is 88.7 Å². The van der Waals surface area contributed by atoms with E-state index in [1.807, 2.05) is 0 Å². The van der Waals surface area contributed by atoms with E-state index in [0.717, 1.165) is 9.58 Å². The number of nitriles is 1. The van der Waals surface area contributed by atoms with Crippen molar-refractivity contribution in [1.82, 2.24) is 103 Å². The molecule has 5 rings (SSSR count). The van der Waals surface area contributed by atoms with Crippen molar-refractivity contribution in [2.24, 2.45) is 0 Å². The molecule has 0 radical (unpaired) electrons. The molecule has 0 aliphatic rings. The SMILES string of the molecule is Nn1nnnc1-c1nnnn1N.[C-]#[N+]C#N.[C-]#[N+]c1nnn[n-]1.[Na+].[Na+].[Na+].n1n[n-]c(-c2nnn[n-]2)n1. The largest absolute Gasteiger partial charge is 1.00 e. The predicted octanol–water partition coefficient (Wildman–Crippen LogP) is -14.8. The van der Waals surface area contributed by atoms with Crippen molar-refractivity contribution in [3.05, 3.63) is 22.8 Å². The van der Waals surface area contributed by atoms with Crippen LogP contribution in [0.3, 0.4) is 0 Å². The molecule has 0 aliphatic carbocycles. The predicted molar refractivity (Wildman–Crippen MR) is 91.8 cm³/mol. The molecular formula is C8H4N25Na3. The Hall–Kier alpha value is -3.58. The van der Waals surface area contributed by atoms with Crippen LogP contribution in [0.1, 0.15) is 0 Å². The zero-order valence-electron chi connectivity index (χ0n) is 18.4. The number of aromatic nitrogens is 20. The van der Waals surface area contributed by atoms with Crippen molar-refractivity contribution >= 4 is 5.95 Å². The maximum Gasteiger partial charge on any atom is 1.00 e. The second-order valence-electron chi connectivity index (χ2n) is 4.30. The quantitative estimate of drug-likeness (QED) is 0.0945. The first-order valence-electron chi connectivity index (χ1n) is 7.37. The van der Waals surface area contributed by atoms with E-state index in [2.05, 4.69) is 103 Å². The normalized spacial score (nSPS) is 8.03. The number of nitrogens with zero attached hydrogens (tertiary/aromatic N) is 23. The topological polar surface area (TPSA) is 330 Å². The summed E-state index contributed by atoms with van der Waals surface area (Å²) in [4.78, 5) is 6.98. The Kier molecular flexibility index (Phi) is 18.9. The first-order chi connectivity index (χ1) is 16.1. The van der Waals surface area contributed by atoms with Gasteiger partial charge in [-0.25, -0.2) is 6.57 Å². The zero-order chi connectivity index (χ0) is 23.9. The van der Waals surface area contributed by atoms with Crippen LogP contribution in [-0.2, 0) is 0 Å². The molecule has 4 N–H and O–H groups in total. The molecular weight excluding hydrogens is 515 g/mol. The molecule has 28 heteroatoms. The molecule has 0 saturated carbocycles. The third kappa shape index (κ3) is 11.2. The van der Waals surface area contributed by atoms with Crippen molar-refractivity contribution in [1.29, 1.82) is 5.26 Å². The molecule has 0 bridgehead atoms. The van der Waals surface area contributed by atoms with E-state index in [1.54, 1.807) is 0 Å². The molecule has 5 aromatic heterocycles. The van der Waals surface area contributed by atoms with E-state index in [0.29, 0.717) is 0 Å². The summed E-state index contributed by atoms with van der Waals surface area (Å²) in [6.45, 7) is 12.0. The minimum atomic E-state index is 0. The number of rotatable bonds is 2. The minimum Gasteiger partial charge on any atom is -0.533 e. The zero-order valence-corrected chi connectivity index (χ0v) is 24.4. The molecule has 0 atom stereocenters. The Labute approximate surface area is 264 Å². The van der Waals surface area contributed by atoms with Gasteiger partial charge in [0.25, 0.3) is 0 Å². The molecule has 0 saturated heterocycles. The van der Waals surface area contributed by atoms with Gasteiger partial charge in [0.05, 0.1) is 0 Å².